The standard InChI is InChI=1S/C24H14BrClN4O8/c1-12-2-4-15(10-18(12)26)28-23(32)17(22(31)27-24(28)33)9-13-8-14(25)3-6-20(13)38-21-7-5-16(29(34)35)11-19(21)30(36)37/h2-11H,1H3,(H,27,31,33)/b17-9+. The summed E-state index contributed by atoms with van der Waals surface area (Å²) >= 11 is 9.42. The first-order valence-electron chi connectivity index (χ1n) is 10.5. The van der Waals surface area contributed by atoms with Gasteiger partial charge in [0.2, 0.25) is 5.75 Å². The maximum atomic E-state index is 13.3. The number of hydrogen-bond donors (Lipinski definition) is 1. The first-order chi connectivity index (χ1) is 18.0. The van der Waals surface area contributed by atoms with Crippen LogP contribution in [0, 0.1) is 27.2 Å². The molecule has 1 aliphatic rings. The van der Waals surface area contributed by atoms with Gasteiger partial charge >= 0.3 is 11.7 Å². The predicted octanol–water partition coefficient (Wildman–Crippen LogP) is 5.69. The van der Waals surface area contributed by atoms with E-state index in [-0.39, 0.29) is 22.7 Å². The number of urea groups is 1. The van der Waals surface area contributed by atoms with E-state index < -0.39 is 44.6 Å². The molecule has 1 N–H and O–H groups in total. The number of aryl methyl sites for hydroxylation is 1. The molecular weight excluding hydrogens is 588 g/mol. The van der Waals surface area contributed by atoms with Crippen LogP contribution in [0.5, 0.6) is 11.5 Å². The SMILES string of the molecule is Cc1ccc(N2C(=O)NC(=O)/C(=C\c3cc(Br)ccc3Oc3ccc([N+](=O)[O-])cc3[N+](=O)[O-])C2=O)cc1Cl. The molecule has 0 unspecified atom stereocenters. The molecule has 1 fully saturated rings. The Balaban J connectivity index is 1.77. The van der Waals surface area contributed by atoms with Gasteiger partial charge in [0.1, 0.15) is 11.3 Å². The van der Waals surface area contributed by atoms with Crippen molar-refractivity contribution in [2.45, 2.75) is 6.92 Å². The van der Waals surface area contributed by atoms with Crippen molar-refractivity contribution in [3.8, 4) is 11.5 Å². The van der Waals surface area contributed by atoms with E-state index >= 15 is 0 Å². The van der Waals surface area contributed by atoms with Gasteiger partial charge in [0.05, 0.1) is 21.6 Å². The number of rotatable bonds is 6. The van der Waals surface area contributed by atoms with Crippen molar-refractivity contribution < 1.29 is 29.0 Å². The molecule has 0 atom stereocenters. The minimum atomic E-state index is -0.971. The Bertz CT molecular complexity index is 1590. The number of amides is 4. The Hall–Kier alpha value is -4.62. The Morgan fingerprint density at radius 3 is 2.34 bits per heavy atom. The molecule has 192 valence electrons. The summed E-state index contributed by atoms with van der Waals surface area (Å²) in [5.41, 5.74) is -0.616. The number of barbiturate groups is 1. The topological polar surface area (TPSA) is 162 Å². The number of carbonyl (C=O) groups is 3. The van der Waals surface area contributed by atoms with E-state index in [1.54, 1.807) is 19.1 Å². The lowest BCUT2D eigenvalue weighted by atomic mass is 10.1. The normalized spacial score (nSPS) is 14.4. The number of carbonyl (C=O) groups excluding carboxylic acids is 3. The van der Waals surface area contributed by atoms with Crippen molar-refractivity contribution in [3.05, 3.63) is 101 Å². The number of nitrogens with zero attached hydrogens (tertiary/aromatic N) is 3. The monoisotopic (exact) mass is 600 g/mol. The first-order valence-corrected chi connectivity index (χ1v) is 11.7. The maximum Gasteiger partial charge on any atom is 0.335 e. The van der Waals surface area contributed by atoms with Crippen LogP contribution in [0.4, 0.5) is 21.9 Å². The highest BCUT2D eigenvalue weighted by Gasteiger charge is 2.37. The van der Waals surface area contributed by atoms with Crippen LogP contribution < -0.4 is 15.0 Å². The van der Waals surface area contributed by atoms with E-state index in [2.05, 4.69) is 21.2 Å². The average molecular weight is 602 g/mol. The van der Waals surface area contributed by atoms with Gasteiger partial charge in [0, 0.05) is 21.1 Å². The van der Waals surface area contributed by atoms with E-state index in [0.717, 1.165) is 29.2 Å². The van der Waals surface area contributed by atoms with Crippen LogP contribution in [0.3, 0.4) is 0 Å². The van der Waals surface area contributed by atoms with Crippen LogP contribution in [0.25, 0.3) is 6.08 Å². The van der Waals surface area contributed by atoms with Crippen LogP contribution in [0.2, 0.25) is 5.02 Å². The number of halogens is 2. The van der Waals surface area contributed by atoms with Gasteiger partial charge in [-0.25, -0.2) is 9.69 Å². The third-order valence-electron chi connectivity index (χ3n) is 5.36. The molecule has 3 aromatic rings. The molecule has 12 nitrogen and oxygen atoms in total. The summed E-state index contributed by atoms with van der Waals surface area (Å²) in [6.07, 6.45) is 1.16. The van der Waals surface area contributed by atoms with Crippen LogP contribution in [0.1, 0.15) is 11.1 Å². The van der Waals surface area contributed by atoms with E-state index in [4.69, 9.17) is 16.3 Å². The van der Waals surface area contributed by atoms with Crippen molar-refractivity contribution in [2.75, 3.05) is 4.90 Å². The van der Waals surface area contributed by atoms with Crippen LogP contribution in [-0.4, -0.2) is 27.7 Å². The fourth-order valence-corrected chi connectivity index (χ4v) is 4.01. The summed E-state index contributed by atoms with van der Waals surface area (Å²) in [6.45, 7) is 1.74. The number of nitro benzene ring substituents is 2. The smallest absolute Gasteiger partial charge is 0.335 e. The van der Waals surface area contributed by atoms with Gasteiger partial charge in [-0.15, -0.1) is 0 Å². The zero-order valence-electron chi connectivity index (χ0n) is 19.1. The minimum Gasteiger partial charge on any atom is -0.449 e. The van der Waals surface area contributed by atoms with Gasteiger partial charge in [0.15, 0.2) is 0 Å². The molecule has 0 saturated carbocycles. The number of hydrogen-bond acceptors (Lipinski definition) is 8. The Morgan fingerprint density at radius 2 is 1.68 bits per heavy atom. The number of anilines is 1. The van der Waals surface area contributed by atoms with Gasteiger partial charge in [-0.3, -0.25) is 35.1 Å². The summed E-state index contributed by atoms with van der Waals surface area (Å²) in [4.78, 5) is 60.1. The largest absolute Gasteiger partial charge is 0.449 e. The number of nitrogens with one attached hydrogen (secondary N) is 1. The molecule has 1 aliphatic heterocycles. The molecule has 0 radical (unpaired) electrons. The molecule has 1 saturated heterocycles. The molecule has 14 heteroatoms. The lowest BCUT2D eigenvalue weighted by molar-refractivity contribution is -0.394. The van der Waals surface area contributed by atoms with E-state index in [9.17, 15) is 34.6 Å². The molecule has 3 aromatic carbocycles. The fourth-order valence-electron chi connectivity index (χ4n) is 3.46. The summed E-state index contributed by atoms with van der Waals surface area (Å²) in [7, 11) is 0. The van der Waals surface area contributed by atoms with Gasteiger partial charge in [0.25, 0.3) is 17.5 Å². The highest BCUT2D eigenvalue weighted by molar-refractivity contribution is 9.10. The lowest BCUT2D eigenvalue weighted by Crippen LogP contribution is -2.54. The van der Waals surface area contributed by atoms with E-state index in [1.165, 1.54) is 24.3 Å². The van der Waals surface area contributed by atoms with Crippen molar-refractivity contribution >= 4 is 68.5 Å². The van der Waals surface area contributed by atoms with Crippen LogP contribution in [-0.2, 0) is 9.59 Å². The van der Waals surface area contributed by atoms with Gasteiger partial charge in [-0.05, 0) is 55.0 Å². The van der Waals surface area contributed by atoms with Gasteiger partial charge in [-0.1, -0.05) is 33.6 Å². The predicted molar refractivity (Wildman–Crippen MR) is 139 cm³/mol. The molecule has 0 bridgehead atoms. The number of non-ortho nitro benzene ring substituents is 1. The second-order valence-corrected chi connectivity index (χ2v) is 9.16. The second kappa shape index (κ2) is 10.4. The quantitative estimate of drug-likeness (QED) is 0.163. The highest BCUT2D eigenvalue weighted by Crippen LogP contribution is 2.37. The third kappa shape index (κ3) is 5.23. The maximum absolute atomic E-state index is 13.3. The summed E-state index contributed by atoms with van der Waals surface area (Å²) < 4.78 is 6.21. The number of imide groups is 2. The Morgan fingerprint density at radius 1 is 0.974 bits per heavy atom. The van der Waals surface area contributed by atoms with Crippen molar-refractivity contribution in [3.63, 3.8) is 0 Å². The molecule has 4 amide bonds. The molecule has 0 aliphatic carbocycles. The van der Waals surface area contributed by atoms with Gasteiger partial charge in [-0.2, -0.15) is 0 Å². The van der Waals surface area contributed by atoms with Crippen molar-refractivity contribution in [1.29, 1.82) is 0 Å². The summed E-state index contributed by atoms with van der Waals surface area (Å²) in [5.74, 6) is -2.24. The second-order valence-electron chi connectivity index (χ2n) is 7.84. The van der Waals surface area contributed by atoms with Crippen LogP contribution >= 0.6 is 27.5 Å². The Kier molecular flexibility index (Phi) is 7.23. The van der Waals surface area contributed by atoms with E-state index in [0.29, 0.717) is 15.1 Å². The highest BCUT2D eigenvalue weighted by atomic mass is 79.9. The zero-order chi connectivity index (χ0) is 27.7. The average Bonchev–Trinajstić information content (AvgIpc) is 2.85. The fraction of sp³-hybridized carbons (Fsp3) is 0.0417. The minimum absolute atomic E-state index is 0.0138. The Labute approximate surface area is 226 Å². The number of benzene rings is 3. The van der Waals surface area contributed by atoms with Crippen molar-refractivity contribution in [2.24, 2.45) is 0 Å². The number of ether oxygens (including phenoxy) is 1. The molecular formula is C24H14BrClN4O8. The zero-order valence-corrected chi connectivity index (χ0v) is 21.5. The van der Waals surface area contributed by atoms with Gasteiger partial charge < -0.3 is 4.74 Å². The summed E-state index contributed by atoms with van der Waals surface area (Å²) in [5, 5.41) is 24.9. The van der Waals surface area contributed by atoms with Crippen molar-refractivity contribution in [1.82, 2.24) is 5.32 Å². The molecule has 38 heavy (non-hydrogen) atoms. The molecule has 4 rings (SSSR count). The third-order valence-corrected chi connectivity index (χ3v) is 6.26. The molecule has 0 aromatic heterocycles. The first kappa shape index (κ1) is 26.4. The van der Waals surface area contributed by atoms with E-state index in [1.807, 2.05) is 0 Å². The molecule has 1 heterocycles. The van der Waals surface area contributed by atoms with Crippen LogP contribution in [0.15, 0.2) is 64.6 Å². The lowest BCUT2D eigenvalue weighted by Gasteiger charge is -2.26. The summed E-state index contributed by atoms with van der Waals surface area (Å²) in [6, 6.07) is 10.8. The number of nitro groups is 2. The molecule has 0 spiro atoms.